The summed E-state index contributed by atoms with van der Waals surface area (Å²) in [5.74, 6) is -0.919. The lowest BCUT2D eigenvalue weighted by molar-refractivity contribution is -0.378. The lowest BCUT2D eigenvalue weighted by Gasteiger charge is -2.26. The van der Waals surface area contributed by atoms with E-state index in [9.17, 15) is 14.7 Å². The number of carbonyl (C=O) groups excluding carboxylic acids is 2. The Labute approximate surface area is 192 Å². The lowest BCUT2D eigenvalue weighted by Crippen LogP contribution is -2.29. The Morgan fingerprint density at radius 3 is 2.21 bits per heavy atom. The number of methoxy groups -OCH3 is 1. The van der Waals surface area contributed by atoms with Crippen molar-refractivity contribution in [1.29, 1.82) is 0 Å². The highest BCUT2D eigenvalue weighted by Gasteiger charge is 2.46. The molecule has 4 rings (SSSR count). The second kappa shape index (κ2) is 9.16. The van der Waals surface area contributed by atoms with E-state index in [2.05, 4.69) is 4.98 Å². The fourth-order valence-corrected chi connectivity index (χ4v) is 3.97. The number of ketones is 1. The van der Waals surface area contributed by atoms with E-state index in [0.717, 1.165) is 16.8 Å². The van der Waals surface area contributed by atoms with E-state index in [1.165, 1.54) is 4.90 Å². The van der Waals surface area contributed by atoms with E-state index in [4.69, 9.17) is 4.74 Å². The SMILES string of the molecule is COc1ccc(C(O)=C2C(=O)C(=O)N(Cc3cc[nH+]cc3)C2c2ccc(N(C)C)cc2)cc1. The minimum atomic E-state index is -0.715. The maximum absolute atomic E-state index is 13.2. The summed E-state index contributed by atoms with van der Waals surface area (Å²) in [6.45, 7) is 0.235. The molecule has 0 bridgehead atoms. The first-order valence-electron chi connectivity index (χ1n) is 10.6. The first-order valence-corrected chi connectivity index (χ1v) is 10.6. The second-order valence-electron chi connectivity index (χ2n) is 8.05. The number of hydrogen-bond acceptors (Lipinski definition) is 5. The number of anilines is 1. The standard InChI is InChI=1S/C26H25N3O4/c1-28(2)20-8-4-18(5-9-20)23-22(24(30)19-6-10-21(33-3)11-7-19)25(31)26(32)29(23)16-17-12-14-27-15-13-17/h4-15,23,30H,16H2,1-3H3/p+1. The number of nitrogens with one attached hydrogen (secondary N) is 1. The van der Waals surface area contributed by atoms with Crippen molar-refractivity contribution in [3.05, 3.63) is 95.3 Å². The molecule has 0 saturated carbocycles. The molecule has 1 saturated heterocycles. The predicted octanol–water partition coefficient (Wildman–Crippen LogP) is 3.20. The molecule has 0 spiro atoms. The van der Waals surface area contributed by atoms with Gasteiger partial charge < -0.3 is 19.6 Å². The highest BCUT2D eigenvalue weighted by atomic mass is 16.5. The van der Waals surface area contributed by atoms with Crippen LogP contribution in [0.15, 0.2) is 78.6 Å². The van der Waals surface area contributed by atoms with E-state index in [-0.39, 0.29) is 17.9 Å². The Morgan fingerprint density at radius 1 is 1.00 bits per heavy atom. The maximum atomic E-state index is 13.2. The van der Waals surface area contributed by atoms with Crippen LogP contribution in [0.5, 0.6) is 5.75 Å². The topological polar surface area (TPSA) is 84.2 Å². The molecule has 2 heterocycles. The first kappa shape index (κ1) is 22.1. The Kier molecular flexibility index (Phi) is 6.13. The molecule has 1 aromatic heterocycles. The number of aromatic amines is 1. The molecule has 1 fully saturated rings. The fourth-order valence-electron chi connectivity index (χ4n) is 3.97. The van der Waals surface area contributed by atoms with E-state index < -0.39 is 17.7 Å². The summed E-state index contributed by atoms with van der Waals surface area (Å²) in [6, 6.07) is 17.4. The summed E-state index contributed by atoms with van der Waals surface area (Å²) >= 11 is 0. The van der Waals surface area contributed by atoms with Gasteiger partial charge in [0.1, 0.15) is 11.5 Å². The van der Waals surface area contributed by atoms with Gasteiger partial charge in [-0.05, 0) is 47.5 Å². The van der Waals surface area contributed by atoms with Crippen molar-refractivity contribution < 1.29 is 24.4 Å². The van der Waals surface area contributed by atoms with E-state index >= 15 is 0 Å². The molecule has 1 aliphatic rings. The molecule has 7 heteroatoms. The molecule has 1 amide bonds. The average molecular weight is 445 g/mol. The van der Waals surface area contributed by atoms with Gasteiger partial charge in [-0.1, -0.05) is 12.1 Å². The van der Waals surface area contributed by atoms with Gasteiger partial charge in [-0.15, -0.1) is 0 Å². The molecular formula is C26H26N3O4+. The molecule has 1 atom stereocenters. The Hall–Kier alpha value is -4.13. The van der Waals surface area contributed by atoms with Crippen LogP contribution < -0.4 is 14.6 Å². The van der Waals surface area contributed by atoms with Crippen LogP contribution in [-0.2, 0) is 16.1 Å². The van der Waals surface area contributed by atoms with Crippen molar-refractivity contribution in [2.75, 3.05) is 26.1 Å². The number of aromatic nitrogens is 1. The van der Waals surface area contributed by atoms with Crippen LogP contribution in [0.2, 0.25) is 0 Å². The molecule has 33 heavy (non-hydrogen) atoms. The van der Waals surface area contributed by atoms with Crippen molar-refractivity contribution >= 4 is 23.1 Å². The third-order valence-corrected chi connectivity index (χ3v) is 5.77. The van der Waals surface area contributed by atoms with Gasteiger partial charge in [0.2, 0.25) is 0 Å². The van der Waals surface area contributed by atoms with Crippen LogP contribution >= 0.6 is 0 Å². The molecule has 7 nitrogen and oxygen atoms in total. The van der Waals surface area contributed by atoms with Gasteiger partial charge in [0.15, 0.2) is 12.4 Å². The highest BCUT2D eigenvalue weighted by Crippen LogP contribution is 2.40. The number of hydrogen-bond donors (Lipinski definition) is 1. The summed E-state index contributed by atoms with van der Waals surface area (Å²) in [7, 11) is 5.44. The van der Waals surface area contributed by atoms with Gasteiger partial charge >= 0.3 is 0 Å². The van der Waals surface area contributed by atoms with E-state index in [0.29, 0.717) is 11.3 Å². The molecule has 168 valence electrons. The van der Waals surface area contributed by atoms with Crippen LogP contribution in [0.25, 0.3) is 5.76 Å². The number of aliphatic hydroxyl groups is 1. The van der Waals surface area contributed by atoms with Crippen molar-refractivity contribution in [3.8, 4) is 5.75 Å². The van der Waals surface area contributed by atoms with Crippen molar-refractivity contribution in [3.63, 3.8) is 0 Å². The number of pyridine rings is 1. The Bertz CT molecular complexity index is 1190. The summed E-state index contributed by atoms with van der Waals surface area (Å²) in [5.41, 5.74) is 3.13. The quantitative estimate of drug-likeness (QED) is 0.359. The Balaban J connectivity index is 1.83. The third-order valence-electron chi connectivity index (χ3n) is 5.77. The monoisotopic (exact) mass is 444 g/mol. The van der Waals surface area contributed by atoms with Crippen LogP contribution in [0, 0.1) is 0 Å². The van der Waals surface area contributed by atoms with E-state index in [1.807, 2.05) is 55.4 Å². The second-order valence-corrected chi connectivity index (χ2v) is 8.05. The van der Waals surface area contributed by atoms with Gasteiger partial charge in [0.05, 0.1) is 18.7 Å². The number of H-pyrrole nitrogens is 1. The molecule has 1 aliphatic heterocycles. The van der Waals surface area contributed by atoms with Crippen molar-refractivity contribution in [2.45, 2.75) is 12.6 Å². The maximum Gasteiger partial charge on any atom is 0.295 e. The molecule has 1 unspecified atom stereocenters. The summed E-state index contributed by atoms with van der Waals surface area (Å²) in [4.78, 5) is 32.7. The van der Waals surface area contributed by atoms with Crippen LogP contribution in [0.4, 0.5) is 5.69 Å². The van der Waals surface area contributed by atoms with Crippen molar-refractivity contribution in [2.24, 2.45) is 0 Å². The van der Waals surface area contributed by atoms with Crippen molar-refractivity contribution in [1.82, 2.24) is 4.90 Å². The molecule has 0 aliphatic carbocycles. The minimum absolute atomic E-state index is 0.0743. The van der Waals surface area contributed by atoms with Gasteiger partial charge in [-0.3, -0.25) is 9.59 Å². The molecule has 0 radical (unpaired) electrons. The number of Topliss-reactive ketones (excluding diaryl/α,β-unsaturated/α-hetero) is 1. The summed E-state index contributed by atoms with van der Waals surface area (Å²) in [6.07, 6.45) is 3.54. The normalized spacial score (nSPS) is 17.3. The molecule has 3 aromatic rings. The number of likely N-dealkylation sites (tertiary alicyclic amines) is 1. The molecular weight excluding hydrogens is 418 g/mol. The lowest BCUT2D eigenvalue weighted by atomic mass is 9.95. The van der Waals surface area contributed by atoms with E-state index in [1.54, 1.807) is 43.8 Å². The summed E-state index contributed by atoms with van der Waals surface area (Å²) in [5, 5.41) is 11.2. The number of carbonyl (C=O) groups is 2. The number of nitrogens with zero attached hydrogens (tertiary/aromatic N) is 2. The van der Waals surface area contributed by atoms with Gasteiger partial charge in [0, 0.05) is 44.0 Å². The largest absolute Gasteiger partial charge is 0.507 e. The Morgan fingerprint density at radius 2 is 1.64 bits per heavy atom. The zero-order valence-corrected chi connectivity index (χ0v) is 18.8. The molecule has 2 N–H and O–H groups in total. The zero-order valence-electron chi connectivity index (χ0n) is 18.8. The first-order chi connectivity index (χ1) is 15.9. The van der Waals surface area contributed by atoms with Crippen LogP contribution in [0.1, 0.15) is 22.7 Å². The molecule has 2 aromatic carbocycles. The number of aliphatic hydroxyl groups excluding tert-OH is 1. The predicted molar refractivity (Wildman–Crippen MR) is 125 cm³/mol. The summed E-state index contributed by atoms with van der Waals surface area (Å²) < 4.78 is 5.18. The number of rotatable bonds is 6. The number of benzene rings is 2. The third kappa shape index (κ3) is 4.30. The number of amides is 1. The number of ether oxygens (including phenoxy) is 1. The highest BCUT2D eigenvalue weighted by molar-refractivity contribution is 6.46. The van der Waals surface area contributed by atoms with Crippen LogP contribution in [0.3, 0.4) is 0 Å². The average Bonchev–Trinajstić information content (AvgIpc) is 3.09. The van der Waals surface area contributed by atoms with Gasteiger partial charge in [-0.25, -0.2) is 4.98 Å². The van der Waals surface area contributed by atoms with Gasteiger partial charge in [-0.2, -0.15) is 0 Å². The van der Waals surface area contributed by atoms with Crippen LogP contribution in [-0.4, -0.2) is 42.9 Å². The zero-order chi connectivity index (χ0) is 23.5. The minimum Gasteiger partial charge on any atom is -0.507 e. The fraction of sp³-hybridized carbons (Fsp3) is 0.192. The van der Waals surface area contributed by atoms with Gasteiger partial charge in [0.25, 0.3) is 11.7 Å². The smallest absolute Gasteiger partial charge is 0.295 e.